The van der Waals surface area contributed by atoms with E-state index in [2.05, 4.69) is 39.2 Å². The molecule has 0 amide bonds. The lowest BCUT2D eigenvalue weighted by molar-refractivity contribution is 0.133. The summed E-state index contributed by atoms with van der Waals surface area (Å²) in [5, 5.41) is 3.12. The molecule has 0 aliphatic carbocycles. The number of pyridine rings is 1. The van der Waals surface area contributed by atoms with Crippen molar-refractivity contribution in [2.75, 3.05) is 18.9 Å². The van der Waals surface area contributed by atoms with Crippen LogP contribution in [-0.2, 0) is 13.0 Å². The first-order chi connectivity index (χ1) is 11.3. The highest BCUT2D eigenvalue weighted by molar-refractivity contribution is 7.09. The van der Waals surface area contributed by atoms with Gasteiger partial charge in [0.1, 0.15) is 5.82 Å². The van der Waals surface area contributed by atoms with Crippen LogP contribution in [0.1, 0.15) is 41.9 Å². The quantitative estimate of drug-likeness (QED) is 0.873. The van der Waals surface area contributed by atoms with Crippen LogP contribution in [0.5, 0.6) is 0 Å². The van der Waals surface area contributed by atoms with Crippen molar-refractivity contribution in [3.05, 3.63) is 40.0 Å². The lowest BCUT2D eigenvalue weighted by Crippen LogP contribution is -2.39. The zero-order valence-electron chi connectivity index (χ0n) is 14.1. The molecule has 1 aliphatic rings. The molecule has 1 atom stereocenters. The second-order valence-electron chi connectivity index (χ2n) is 6.28. The summed E-state index contributed by atoms with van der Waals surface area (Å²) >= 11 is 1.79. The Balaban J connectivity index is 1.61. The van der Waals surface area contributed by atoms with Crippen molar-refractivity contribution in [1.82, 2.24) is 14.9 Å². The Morgan fingerprint density at radius 2 is 2.26 bits per heavy atom. The highest BCUT2D eigenvalue weighted by Crippen LogP contribution is 2.25. The van der Waals surface area contributed by atoms with Crippen molar-refractivity contribution in [1.29, 1.82) is 0 Å². The summed E-state index contributed by atoms with van der Waals surface area (Å²) in [4.78, 5) is 13.1. The maximum absolute atomic E-state index is 4.65. The number of anilines is 1. The summed E-state index contributed by atoms with van der Waals surface area (Å²) in [6.07, 6.45) is 6.23. The molecule has 124 valence electrons. The molecule has 4 nitrogen and oxygen atoms in total. The molecule has 2 aromatic heterocycles. The van der Waals surface area contributed by atoms with E-state index >= 15 is 0 Å². The van der Waals surface area contributed by atoms with Gasteiger partial charge in [0.2, 0.25) is 0 Å². The lowest BCUT2D eigenvalue weighted by atomic mass is 9.97. The predicted octanol–water partition coefficient (Wildman–Crippen LogP) is 3.88. The van der Waals surface area contributed by atoms with Crippen molar-refractivity contribution in [2.45, 2.75) is 51.6 Å². The van der Waals surface area contributed by atoms with Crippen LogP contribution in [0, 0.1) is 6.92 Å². The number of aryl methyl sites for hydroxylation is 2. The first kappa shape index (κ1) is 16.4. The summed E-state index contributed by atoms with van der Waals surface area (Å²) in [5.74, 6) is 0.961. The van der Waals surface area contributed by atoms with Gasteiger partial charge < -0.3 is 5.32 Å². The minimum atomic E-state index is 0.672. The molecule has 1 aliphatic heterocycles. The van der Waals surface area contributed by atoms with E-state index in [4.69, 9.17) is 0 Å². The molecule has 1 saturated heterocycles. The molecule has 1 fully saturated rings. The Labute approximate surface area is 143 Å². The van der Waals surface area contributed by atoms with Gasteiger partial charge in [-0.1, -0.05) is 12.5 Å². The molecule has 0 radical (unpaired) electrons. The predicted molar refractivity (Wildman–Crippen MR) is 97.0 cm³/mol. The van der Waals surface area contributed by atoms with Gasteiger partial charge in [0.05, 0.1) is 11.2 Å². The smallest absolute Gasteiger partial charge is 0.125 e. The van der Waals surface area contributed by atoms with Crippen LogP contribution in [0.25, 0.3) is 0 Å². The average molecular weight is 331 g/mol. The van der Waals surface area contributed by atoms with Crippen LogP contribution in [0.3, 0.4) is 0 Å². The van der Waals surface area contributed by atoms with Crippen molar-refractivity contribution >= 4 is 17.2 Å². The summed E-state index contributed by atoms with van der Waals surface area (Å²) in [6, 6.07) is 6.92. The molecule has 0 bridgehead atoms. The third-order valence-electron chi connectivity index (χ3n) is 4.74. The molecule has 5 heteroatoms. The van der Waals surface area contributed by atoms with Crippen molar-refractivity contribution in [3.8, 4) is 0 Å². The number of rotatable bonds is 6. The van der Waals surface area contributed by atoms with Crippen LogP contribution in [-0.4, -0.2) is 34.5 Å². The van der Waals surface area contributed by atoms with Gasteiger partial charge in [-0.2, -0.15) is 0 Å². The number of nitrogens with one attached hydrogen (secondary N) is 1. The maximum atomic E-state index is 4.65. The van der Waals surface area contributed by atoms with E-state index in [0.29, 0.717) is 6.04 Å². The van der Waals surface area contributed by atoms with E-state index in [1.54, 1.807) is 11.3 Å². The molecule has 2 aromatic rings. The normalized spacial score (nSPS) is 19.0. The Bertz CT molecular complexity index is 625. The fourth-order valence-corrected chi connectivity index (χ4v) is 4.13. The van der Waals surface area contributed by atoms with E-state index in [1.807, 2.05) is 18.6 Å². The second-order valence-corrected chi connectivity index (χ2v) is 7.22. The minimum absolute atomic E-state index is 0.672. The molecule has 0 spiro atoms. The molecular formula is C18H26N4S. The van der Waals surface area contributed by atoms with Gasteiger partial charge in [0.25, 0.3) is 0 Å². The second kappa shape index (κ2) is 7.88. The molecule has 3 heterocycles. The molecule has 0 unspecified atom stereocenters. The molecule has 0 aromatic carbocycles. The monoisotopic (exact) mass is 330 g/mol. The molecule has 23 heavy (non-hydrogen) atoms. The van der Waals surface area contributed by atoms with E-state index < -0.39 is 0 Å². The molecule has 0 saturated carbocycles. The summed E-state index contributed by atoms with van der Waals surface area (Å²) < 4.78 is 0. The molecule has 3 rings (SSSR count). The number of nitrogens with zero attached hydrogens (tertiary/aromatic N) is 3. The third kappa shape index (κ3) is 4.30. The van der Waals surface area contributed by atoms with Crippen molar-refractivity contribution in [2.24, 2.45) is 0 Å². The van der Waals surface area contributed by atoms with Crippen LogP contribution >= 0.6 is 11.3 Å². The fourth-order valence-electron chi connectivity index (χ4n) is 3.33. The zero-order chi connectivity index (χ0) is 16.1. The van der Waals surface area contributed by atoms with Gasteiger partial charge in [-0.15, -0.1) is 11.3 Å². The van der Waals surface area contributed by atoms with Gasteiger partial charge in [0.15, 0.2) is 0 Å². The van der Waals surface area contributed by atoms with E-state index in [9.17, 15) is 0 Å². The number of aromatic nitrogens is 2. The topological polar surface area (TPSA) is 41.0 Å². The number of hydrogen-bond acceptors (Lipinski definition) is 5. The Morgan fingerprint density at radius 1 is 1.35 bits per heavy atom. The number of hydrogen-bond donors (Lipinski definition) is 1. The number of thiazole rings is 1. The lowest BCUT2D eigenvalue weighted by Gasteiger charge is -2.35. The fraction of sp³-hybridized carbons (Fsp3) is 0.556. The Hall–Kier alpha value is -1.46. The highest BCUT2D eigenvalue weighted by Gasteiger charge is 2.23. The zero-order valence-corrected chi connectivity index (χ0v) is 14.9. The SMILES string of the molecule is CNc1cccc(CC[C@@H]2CCCCN2Cc2scnc2C)n1. The standard InChI is InChI=1S/C18H26N4S/c1-14-17(23-13-20-14)12-22-11-4-3-7-16(22)10-9-15-6-5-8-18(19-2)21-15/h5-6,8,13,16H,3-4,7,9-12H2,1-2H3,(H,19,21)/t16-/m0/s1. The van der Waals surface area contributed by atoms with Gasteiger partial charge >= 0.3 is 0 Å². The maximum Gasteiger partial charge on any atom is 0.125 e. The Morgan fingerprint density at radius 3 is 3.04 bits per heavy atom. The number of piperidine rings is 1. The van der Waals surface area contributed by atoms with Crippen molar-refractivity contribution < 1.29 is 0 Å². The first-order valence-corrected chi connectivity index (χ1v) is 9.41. The average Bonchev–Trinajstić information content (AvgIpc) is 2.99. The summed E-state index contributed by atoms with van der Waals surface area (Å²) in [7, 11) is 1.92. The van der Waals surface area contributed by atoms with E-state index in [-0.39, 0.29) is 0 Å². The third-order valence-corrected chi connectivity index (χ3v) is 5.66. The highest BCUT2D eigenvalue weighted by atomic mass is 32.1. The van der Waals surface area contributed by atoms with Gasteiger partial charge in [-0.3, -0.25) is 4.90 Å². The van der Waals surface area contributed by atoms with Crippen LogP contribution in [0.15, 0.2) is 23.7 Å². The van der Waals surface area contributed by atoms with E-state index in [1.165, 1.54) is 48.5 Å². The number of likely N-dealkylation sites (tertiary alicyclic amines) is 1. The summed E-state index contributed by atoms with van der Waals surface area (Å²) in [5.41, 5.74) is 4.36. The minimum Gasteiger partial charge on any atom is -0.373 e. The molecule has 1 N–H and O–H groups in total. The first-order valence-electron chi connectivity index (χ1n) is 8.53. The van der Waals surface area contributed by atoms with Crippen LogP contribution in [0.2, 0.25) is 0 Å². The van der Waals surface area contributed by atoms with Crippen LogP contribution < -0.4 is 5.32 Å². The Kier molecular flexibility index (Phi) is 5.62. The van der Waals surface area contributed by atoms with Crippen molar-refractivity contribution in [3.63, 3.8) is 0 Å². The largest absolute Gasteiger partial charge is 0.373 e. The van der Waals surface area contributed by atoms with E-state index in [0.717, 1.165) is 18.8 Å². The van der Waals surface area contributed by atoms with Gasteiger partial charge in [-0.25, -0.2) is 9.97 Å². The van der Waals surface area contributed by atoms with Gasteiger partial charge in [-0.05, 0) is 51.3 Å². The van der Waals surface area contributed by atoms with Crippen LogP contribution in [0.4, 0.5) is 5.82 Å². The summed E-state index contributed by atoms with van der Waals surface area (Å²) in [6.45, 7) is 4.40. The molecular weight excluding hydrogens is 304 g/mol. The van der Waals surface area contributed by atoms with Gasteiger partial charge in [0, 0.05) is 30.2 Å².